The van der Waals surface area contributed by atoms with Gasteiger partial charge in [0.25, 0.3) is 0 Å². The third kappa shape index (κ3) is 2.42. The van der Waals surface area contributed by atoms with Gasteiger partial charge in [0.15, 0.2) is 6.29 Å². The highest BCUT2D eigenvalue weighted by atomic mass is 16.5. The Labute approximate surface area is 98.6 Å². The molecule has 1 aromatic rings. The van der Waals surface area contributed by atoms with Crippen LogP contribution in [0.5, 0.6) is 5.75 Å². The highest BCUT2D eigenvalue weighted by Gasteiger charge is 2.21. The number of carbonyl (C=O) groups is 2. The fraction of sp³-hybridized carbons (Fsp3) is 0.250. The first-order chi connectivity index (χ1) is 8.19. The van der Waals surface area contributed by atoms with Crippen molar-refractivity contribution in [3.05, 3.63) is 28.8 Å². The summed E-state index contributed by atoms with van der Waals surface area (Å²) in [5.41, 5.74) is 0.0695. The summed E-state index contributed by atoms with van der Waals surface area (Å²) in [7, 11) is 1.38. The summed E-state index contributed by atoms with van der Waals surface area (Å²) < 4.78 is 9.76. The average molecular weight is 233 g/mol. The van der Waals surface area contributed by atoms with Crippen molar-refractivity contribution in [2.24, 2.45) is 0 Å². The molecule has 1 aromatic carbocycles. The van der Waals surface area contributed by atoms with Gasteiger partial charge in [-0.1, -0.05) is 0 Å². The maximum absolute atomic E-state index is 11.7. The third-order valence-corrected chi connectivity index (χ3v) is 2.14. The second-order valence-corrected chi connectivity index (χ2v) is 3.05. The van der Waals surface area contributed by atoms with Gasteiger partial charge in [-0.2, -0.15) is 5.26 Å². The van der Waals surface area contributed by atoms with Crippen molar-refractivity contribution >= 4 is 12.3 Å². The topological polar surface area (TPSA) is 76.4 Å². The molecule has 0 aliphatic carbocycles. The molecule has 5 heteroatoms. The van der Waals surface area contributed by atoms with E-state index < -0.39 is 5.97 Å². The molecule has 1 rings (SSSR count). The second-order valence-electron chi connectivity index (χ2n) is 3.05. The SMILES string of the molecule is CCOC(=O)c1c(C#N)ccc(OC)c1C=O. The molecule has 0 aliphatic rings. The first-order valence-electron chi connectivity index (χ1n) is 4.93. The molecule has 0 saturated carbocycles. The van der Waals surface area contributed by atoms with Crippen molar-refractivity contribution in [3.63, 3.8) is 0 Å². The van der Waals surface area contributed by atoms with E-state index in [-0.39, 0.29) is 29.0 Å². The lowest BCUT2D eigenvalue weighted by molar-refractivity contribution is 0.0523. The van der Waals surface area contributed by atoms with Crippen LogP contribution in [0.2, 0.25) is 0 Å². The van der Waals surface area contributed by atoms with Crippen LogP contribution < -0.4 is 4.74 Å². The van der Waals surface area contributed by atoms with E-state index >= 15 is 0 Å². The van der Waals surface area contributed by atoms with Crippen LogP contribution in [0, 0.1) is 11.3 Å². The van der Waals surface area contributed by atoms with Gasteiger partial charge >= 0.3 is 5.97 Å². The third-order valence-electron chi connectivity index (χ3n) is 2.14. The van der Waals surface area contributed by atoms with E-state index in [1.165, 1.54) is 19.2 Å². The second kappa shape index (κ2) is 5.66. The van der Waals surface area contributed by atoms with Gasteiger partial charge in [0.05, 0.1) is 30.4 Å². The van der Waals surface area contributed by atoms with Gasteiger partial charge in [0.2, 0.25) is 0 Å². The van der Waals surface area contributed by atoms with E-state index in [0.717, 1.165) is 0 Å². The van der Waals surface area contributed by atoms with Gasteiger partial charge < -0.3 is 9.47 Å². The van der Waals surface area contributed by atoms with E-state index in [1.54, 1.807) is 6.92 Å². The summed E-state index contributed by atoms with van der Waals surface area (Å²) in [5.74, 6) is -0.466. The van der Waals surface area contributed by atoms with E-state index in [9.17, 15) is 9.59 Å². The number of benzene rings is 1. The first-order valence-corrected chi connectivity index (χ1v) is 4.93. The van der Waals surface area contributed by atoms with Crippen LogP contribution in [0.3, 0.4) is 0 Å². The molecule has 0 aromatic heterocycles. The summed E-state index contributed by atoms with van der Waals surface area (Å²) >= 11 is 0. The normalized spacial score (nSPS) is 9.24. The molecule has 88 valence electrons. The lowest BCUT2D eigenvalue weighted by Gasteiger charge is -2.10. The number of hydrogen-bond acceptors (Lipinski definition) is 5. The highest BCUT2D eigenvalue weighted by molar-refractivity contribution is 6.02. The average Bonchev–Trinajstić information content (AvgIpc) is 2.36. The first kappa shape index (κ1) is 12.7. The number of rotatable bonds is 4. The van der Waals surface area contributed by atoms with Crippen LogP contribution in [-0.2, 0) is 4.74 Å². The molecule has 17 heavy (non-hydrogen) atoms. The largest absolute Gasteiger partial charge is 0.496 e. The van der Waals surface area contributed by atoms with Gasteiger partial charge in [-0.05, 0) is 19.1 Å². The monoisotopic (exact) mass is 233 g/mol. The molecular weight excluding hydrogens is 222 g/mol. The Morgan fingerprint density at radius 3 is 2.71 bits per heavy atom. The smallest absolute Gasteiger partial charge is 0.340 e. The van der Waals surface area contributed by atoms with Crippen LogP contribution in [0.1, 0.15) is 33.2 Å². The molecule has 0 saturated heterocycles. The van der Waals surface area contributed by atoms with Crippen LogP contribution in [0.15, 0.2) is 12.1 Å². The van der Waals surface area contributed by atoms with Gasteiger partial charge in [-0.15, -0.1) is 0 Å². The van der Waals surface area contributed by atoms with E-state index in [2.05, 4.69) is 0 Å². The Bertz CT molecular complexity index is 488. The Hall–Kier alpha value is -2.35. The molecule has 0 unspecified atom stereocenters. The van der Waals surface area contributed by atoms with E-state index in [1.807, 2.05) is 6.07 Å². The standard InChI is InChI=1S/C12H11NO4/c1-3-17-12(15)11-8(6-13)4-5-10(16-2)9(11)7-14/h4-5,7H,3H2,1-2H3. The summed E-state index contributed by atoms with van der Waals surface area (Å²) in [6, 6.07) is 4.72. The van der Waals surface area contributed by atoms with Crippen LogP contribution in [0.4, 0.5) is 0 Å². The number of esters is 1. The number of hydrogen-bond donors (Lipinski definition) is 0. The molecule has 0 radical (unpaired) electrons. The van der Waals surface area contributed by atoms with Crippen molar-refractivity contribution in [1.82, 2.24) is 0 Å². The summed E-state index contributed by atoms with van der Waals surface area (Å²) in [6.45, 7) is 1.81. The molecule has 0 amide bonds. The van der Waals surface area contributed by atoms with E-state index in [0.29, 0.717) is 6.29 Å². The molecule has 0 heterocycles. The fourth-order valence-corrected chi connectivity index (χ4v) is 1.41. The van der Waals surface area contributed by atoms with Gasteiger partial charge in [-0.3, -0.25) is 4.79 Å². The zero-order chi connectivity index (χ0) is 12.8. The fourth-order valence-electron chi connectivity index (χ4n) is 1.41. The zero-order valence-corrected chi connectivity index (χ0v) is 9.52. The zero-order valence-electron chi connectivity index (χ0n) is 9.52. The minimum atomic E-state index is -0.704. The number of methoxy groups -OCH3 is 1. The molecule has 0 fully saturated rings. The molecule has 5 nitrogen and oxygen atoms in total. The Kier molecular flexibility index (Phi) is 4.23. The molecular formula is C12H11NO4. The maximum Gasteiger partial charge on any atom is 0.340 e. The molecule has 0 N–H and O–H groups in total. The van der Waals surface area contributed by atoms with Crippen molar-refractivity contribution < 1.29 is 19.1 Å². The van der Waals surface area contributed by atoms with Crippen LogP contribution >= 0.6 is 0 Å². The van der Waals surface area contributed by atoms with Gasteiger partial charge in [0.1, 0.15) is 11.8 Å². The lowest BCUT2D eigenvalue weighted by Crippen LogP contribution is -2.11. The van der Waals surface area contributed by atoms with Crippen LogP contribution in [-0.4, -0.2) is 26.0 Å². The molecule has 0 spiro atoms. The van der Waals surface area contributed by atoms with Crippen molar-refractivity contribution in [3.8, 4) is 11.8 Å². The highest BCUT2D eigenvalue weighted by Crippen LogP contribution is 2.24. The maximum atomic E-state index is 11.7. The number of nitrogens with zero attached hydrogens (tertiary/aromatic N) is 1. The van der Waals surface area contributed by atoms with Crippen molar-refractivity contribution in [1.29, 1.82) is 5.26 Å². The minimum absolute atomic E-state index is 0.0324. The van der Waals surface area contributed by atoms with Gasteiger partial charge in [-0.25, -0.2) is 4.79 Å². The lowest BCUT2D eigenvalue weighted by atomic mass is 10.0. The number of ether oxygens (including phenoxy) is 2. The molecule has 0 atom stereocenters. The molecule has 0 aliphatic heterocycles. The minimum Gasteiger partial charge on any atom is -0.496 e. The van der Waals surface area contributed by atoms with E-state index in [4.69, 9.17) is 14.7 Å². The summed E-state index contributed by atoms with van der Waals surface area (Å²) in [4.78, 5) is 22.7. The van der Waals surface area contributed by atoms with Gasteiger partial charge in [0, 0.05) is 0 Å². The number of nitriles is 1. The Balaban J connectivity index is 3.46. The number of carbonyl (C=O) groups excluding carboxylic acids is 2. The van der Waals surface area contributed by atoms with Crippen molar-refractivity contribution in [2.45, 2.75) is 6.92 Å². The van der Waals surface area contributed by atoms with Crippen LogP contribution in [0.25, 0.3) is 0 Å². The summed E-state index contributed by atoms with van der Waals surface area (Å²) in [6.07, 6.45) is 0.478. The Morgan fingerprint density at radius 1 is 1.53 bits per heavy atom. The predicted molar refractivity (Wildman–Crippen MR) is 59.1 cm³/mol. The summed E-state index contributed by atoms with van der Waals surface area (Å²) in [5, 5.41) is 8.90. The predicted octanol–water partition coefficient (Wildman–Crippen LogP) is 1.56. The number of aldehydes is 1. The van der Waals surface area contributed by atoms with Crippen molar-refractivity contribution in [2.75, 3.05) is 13.7 Å². The Morgan fingerprint density at radius 2 is 2.24 bits per heavy atom. The molecule has 0 bridgehead atoms. The quantitative estimate of drug-likeness (QED) is 0.582.